The number of imidazole rings is 2. The van der Waals surface area contributed by atoms with Gasteiger partial charge in [-0.05, 0) is 49.4 Å². The number of nitrogens with zero attached hydrogens (tertiary/aromatic N) is 5. The molecule has 0 bridgehead atoms. The lowest BCUT2D eigenvalue weighted by molar-refractivity contribution is 0.120. The highest BCUT2D eigenvalue weighted by atomic mass is 16.5. The molecule has 2 fully saturated rings. The Morgan fingerprint density at radius 3 is 2.56 bits per heavy atom. The summed E-state index contributed by atoms with van der Waals surface area (Å²) in [6.07, 6.45) is 12.3. The Labute approximate surface area is 208 Å². The Balaban J connectivity index is 1.25. The molecule has 0 spiro atoms. The van der Waals surface area contributed by atoms with E-state index in [2.05, 4.69) is 50.6 Å². The molecule has 1 aromatic carbocycles. The van der Waals surface area contributed by atoms with Crippen LogP contribution in [0.4, 0.5) is 5.69 Å². The zero-order chi connectivity index (χ0) is 23.9. The molecule has 5 aromatic rings. The van der Waals surface area contributed by atoms with Crippen molar-refractivity contribution in [2.45, 2.75) is 37.7 Å². The quantitative estimate of drug-likeness (QED) is 0.330. The van der Waals surface area contributed by atoms with E-state index < -0.39 is 0 Å². The minimum atomic E-state index is 0.229. The second kappa shape index (κ2) is 8.87. The first-order chi connectivity index (χ1) is 17.8. The van der Waals surface area contributed by atoms with Gasteiger partial charge in [-0.25, -0.2) is 14.5 Å². The minimum Gasteiger partial charge on any atom is -0.379 e. The summed E-state index contributed by atoms with van der Waals surface area (Å²) in [5.74, 6) is 1.71. The fourth-order valence-corrected chi connectivity index (χ4v) is 4.86. The second-order valence-electron chi connectivity index (χ2n) is 9.61. The van der Waals surface area contributed by atoms with Crippen molar-refractivity contribution in [3.8, 4) is 33.8 Å². The van der Waals surface area contributed by atoms with Crippen molar-refractivity contribution in [1.29, 1.82) is 0 Å². The van der Waals surface area contributed by atoms with Crippen LogP contribution in [0.15, 0.2) is 67.3 Å². The number of benzene rings is 1. The molecule has 0 radical (unpaired) electrons. The summed E-state index contributed by atoms with van der Waals surface area (Å²) in [6, 6.07) is 14.5. The summed E-state index contributed by atoms with van der Waals surface area (Å²) in [5, 5.41) is 8.55. The molecule has 1 saturated heterocycles. The number of nitrogens with one attached hydrogen (secondary N) is 2. The molecular weight excluding hydrogens is 450 g/mol. The van der Waals surface area contributed by atoms with Crippen molar-refractivity contribution in [2.24, 2.45) is 0 Å². The number of aromatic nitrogens is 6. The number of ether oxygens (including phenoxy) is 1. The first-order valence-electron chi connectivity index (χ1n) is 12.6. The van der Waals surface area contributed by atoms with Crippen LogP contribution in [0.25, 0.3) is 39.4 Å². The molecule has 4 aromatic heterocycles. The maximum absolute atomic E-state index is 5.82. The fraction of sp³-hybridized carbons (Fsp3) is 0.286. The SMILES string of the molecule is c1cc(-c2cc(NC[C@@H]3CCCO3)c3ncc(-c4ccc(-c5cnc(C6CC6)[nH]5)cc4)n3n2)ccn1. The molecule has 5 heterocycles. The van der Waals surface area contributed by atoms with Gasteiger partial charge in [0.25, 0.3) is 0 Å². The number of hydrogen-bond donors (Lipinski definition) is 2. The summed E-state index contributed by atoms with van der Waals surface area (Å²) >= 11 is 0. The normalized spacial score (nSPS) is 17.6. The van der Waals surface area contributed by atoms with Crippen LogP contribution < -0.4 is 5.32 Å². The van der Waals surface area contributed by atoms with E-state index in [0.717, 1.165) is 76.9 Å². The molecule has 0 amide bonds. The van der Waals surface area contributed by atoms with E-state index in [-0.39, 0.29) is 6.10 Å². The van der Waals surface area contributed by atoms with Crippen molar-refractivity contribution in [1.82, 2.24) is 29.5 Å². The topological polar surface area (TPSA) is 93.0 Å². The highest BCUT2D eigenvalue weighted by molar-refractivity contribution is 5.77. The van der Waals surface area contributed by atoms with Crippen molar-refractivity contribution < 1.29 is 4.74 Å². The highest BCUT2D eigenvalue weighted by Crippen LogP contribution is 2.39. The molecule has 180 valence electrons. The second-order valence-corrected chi connectivity index (χ2v) is 9.61. The van der Waals surface area contributed by atoms with E-state index in [9.17, 15) is 0 Å². The van der Waals surface area contributed by atoms with Gasteiger partial charge in [-0.1, -0.05) is 24.3 Å². The standard InChI is InChI=1S/C28H27N7O/c1-2-22(36-13-1)15-30-24-14-23(19-9-11-29-12-10-19)34-35-26(17-32-28(24)35)20-5-3-18(4-6-20)25-16-31-27(33-25)21-7-8-21/h3-6,9-12,14,16-17,21-22,30H,1-2,7-8,13,15H2,(H,31,33)/t22-/m0/s1. The number of rotatable bonds is 7. The van der Waals surface area contributed by atoms with Crippen LogP contribution in [0, 0.1) is 0 Å². The summed E-state index contributed by atoms with van der Waals surface area (Å²) in [7, 11) is 0. The lowest BCUT2D eigenvalue weighted by Gasteiger charge is -2.14. The predicted octanol–water partition coefficient (Wildman–Crippen LogP) is 5.32. The molecule has 8 nitrogen and oxygen atoms in total. The zero-order valence-corrected chi connectivity index (χ0v) is 19.9. The molecule has 0 unspecified atom stereocenters. The molecule has 36 heavy (non-hydrogen) atoms. The fourth-order valence-electron chi connectivity index (χ4n) is 4.86. The molecule has 1 aliphatic carbocycles. The first kappa shape index (κ1) is 21.3. The van der Waals surface area contributed by atoms with Crippen LogP contribution in [0.2, 0.25) is 0 Å². The van der Waals surface area contributed by atoms with Crippen LogP contribution in [-0.4, -0.2) is 48.8 Å². The van der Waals surface area contributed by atoms with E-state index in [1.54, 1.807) is 12.4 Å². The Hall–Kier alpha value is -4.04. The molecule has 2 N–H and O–H groups in total. The number of hydrogen-bond acceptors (Lipinski definition) is 6. The number of anilines is 1. The van der Waals surface area contributed by atoms with Gasteiger partial charge in [0.2, 0.25) is 0 Å². The molecule has 1 aliphatic heterocycles. The van der Waals surface area contributed by atoms with Crippen molar-refractivity contribution in [3.05, 3.63) is 73.1 Å². The average molecular weight is 478 g/mol. The van der Waals surface area contributed by atoms with Crippen LogP contribution in [0.1, 0.15) is 37.4 Å². The largest absolute Gasteiger partial charge is 0.379 e. The first-order valence-corrected chi connectivity index (χ1v) is 12.6. The predicted molar refractivity (Wildman–Crippen MR) is 139 cm³/mol. The molecule has 7 rings (SSSR count). The Morgan fingerprint density at radius 2 is 1.78 bits per heavy atom. The molecule has 1 saturated carbocycles. The van der Waals surface area contributed by atoms with Crippen molar-refractivity contribution >= 4 is 11.3 Å². The zero-order valence-electron chi connectivity index (χ0n) is 19.9. The Kier molecular flexibility index (Phi) is 5.24. The number of fused-ring (bicyclic) bond motifs is 1. The van der Waals surface area contributed by atoms with Crippen LogP contribution in [-0.2, 0) is 4.74 Å². The van der Waals surface area contributed by atoms with E-state index >= 15 is 0 Å². The molecule has 1 atom stereocenters. The average Bonchev–Trinajstić information content (AvgIpc) is 3.30. The number of H-pyrrole nitrogens is 1. The molecule has 8 heteroatoms. The molecule has 2 aliphatic rings. The maximum atomic E-state index is 5.82. The number of pyridine rings is 1. The van der Waals surface area contributed by atoms with Crippen LogP contribution in [0.3, 0.4) is 0 Å². The lowest BCUT2D eigenvalue weighted by Crippen LogP contribution is -2.19. The summed E-state index contributed by atoms with van der Waals surface area (Å²) in [4.78, 5) is 17.0. The maximum Gasteiger partial charge on any atom is 0.177 e. The minimum absolute atomic E-state index is 0.229. The third-order valence-electron chi connectivity index (χ3n) is 7.04. The van der Waals surface area contributed by atoms with E-state index in [4.69, 9.17) is 14.8 Å². The van der Waals surface area contributed by atoms with Gasteiger partial charge in [0.05, 0.1) is 41.3 Å². The van der Waals surface area contributed by atoms with Gasteiger partial charge in [0.1, 0.15) is 5.82 Å². The van der Waals surface area contributed by atoms with Crippen molar-refractivity contribution in [3.63, 3.8) is 0 Å². The van der Waals surface area contributed by atoms with Crippen LogP contribution in [0.5, 0.6) is 0 Å². The van der Waals surface area contributed by atoms with E-state index in [0.29, 0.717) is 5.92 Å². The third-order valence-corrected chi connectivity index (χ3v) is 7.04. The van der Waals surface area contributed by atoms with Gasteiger partial charge in [-0.3, -0.25) is 4.98 Å². The summed E-state index contributed by atoms with van der Waals surface area (Å²) in [6.45, 7) is 1.59. The van der Waals surface area contributed by atoms with E-state index in [1.165, 1.54) is 12.8 Å². The van der Waals surface area contributed by atoms with Crippen molar-refractivity contribution in [2.75, 3.05) is 18.5 Å². The molecular formula is C28H27N7O. The number of aromatic amines is 1. The highest BCUT2D eigenvalue weighted by Gasteiger charge is 2.26. The van der Waals surface area contributed by atoms with Gasteiger partial charge in [-0.2, -0.15) is 5.10 Å². The summed E-state index contributed by atoms with van der Waals surface area (Å²) in [5.41, 5.74) is 7.78. The van der Waals surface area contributed by atoms with Gasteiger partial charge < -0.3 is 15.0 Å². The third kappa shape index (κ3) is 4.03. The van der Waals surface area contributed by atoms with Crippen LogP contribution >= 0.6 is 0 Å². The van der Waals surface area contributed by atoms with Gasteiger partial charge in [0.15, 0.2) is 5.65 Å². The van der Waals surface area contributed by atoms with Gasteiger partial charge in [-0.15, -0.1) is 0 Å². The van der Waals surface area contributed by atoms with Gasteiger partial charge >= 0.3 is 0 Å². The smallest absolute Gasteiger partial charge is 0.177 e. The van der Waals surface area contributed by atoms with E-state index in [1.807, 2.05) is 29.0 Å². The summed E-state index contributed by atoms with van der Waals surface area (Å²) < 4.78 is 7.76. The Morgan fingerprint density at radius 1 is 0.944 bits per heavy atom. The Bertz CT molecular complexity index is 1500. The lowest BCUT2D eigenvalue weighted by atomic mass is 10.1. The monoisotopic (exact) mass is 477 g/mol. The van der Waals surface area contributed by atoms with Gasteiger partial charge in [0, 0.05) is 42.6 Å².